The molecule has 134 valence electrons. The molecular formula is C18H27NO5. The van der Waals surface area contributed by atoms with Crippen molar-refractivity contribution >= 4 is 17.8 Å². The van der Waals surface area contributed by atoms with Crippen molar-refractivity contribution < 1.29 is 23.9 Å². The van der Waals surface area contributed by atoms with Gasteiger partial charge >= 0.3 is 12.1 Å². The average molecular weight is 337 g/mol. The number of rotatable bonds is 2. The second-order valence-corrected chi connectivity index (χ2v) is 8.13. The smallest absolute Gasteiger partial charge is 0.411 e. The lowest BCUT2D eigenvalue weighted by Crippen LogP contribution is -2.41. The quantitative estimate of drug-likeness (QED) is 0.572. The van der Waals surface area contributed by atoms with Crippen molar-refractivity contribution in [3.63, 3.8) is 0 Å². The summed E-state index contributed by atoms with van der Waals surface area (Å²) in [7, 11) is 0. The number of carbonyl (C=O) groups is 3. The first-order valence-corrected chi connectivity index (χ1v) is 9.03. The maximum absolute atomic E-state index is 12.6. The van der Waals surface area contributed by atoms with Gasteiger partial charge in [-0.2, -0.15) is 0 Å². The topological polar surface area (TPSA) is 72.9 Å². The van der Waals surface area contributed by atoms with Crippen LogP contribution < -0.4 is 0 Å². The molecular weight excluding hydrogens is 310 g/mol. The lowest BCUT2D eigenvalue weighted by Gasteiger charge is -2.28. The molecule has 0 N–H and O–H groups in total. The van der Waals surface area contributed by atoms with E-state index in [9.17, 15) is 14.4 Å². The summed E-state index contributed by atoms with van der Waals surface area (Å²) in [6.45, 7) is 5.37. The highest BCUT2D eigenvalue weighted by Crippen LogP contribution is 2.41. The van der Waals surface area contributed by atoms with Gasteiger partial charge in [0.1, 0.15) is 17.6 Å². The number of nitrogens with zero attached hydrogens (tertiary/aromatic N) is 1. The van der Waals surface area contributed by atoms with Gasteiger partial charge in [-0.15, -0.1) is 0 Å². The van der Waals surface area contributed by atoms with Gasteiger partial charge in [-0.3, -0.25) is 14.5 Å². The second kappa shape index (κ2) is 6.37. The van der Waals surface area contributed by atoms with E-state index in [0.717, 1.165) is 25.7 Å². The van der Waals surface area contributed by atoms with Crippen LogP contribution in [0.3, 0.4) is 0 Å². The van der Waals surface area contributed by atoms with E-state index in [1.54, 1.807) is 20.8 Å². The number of esters is 1. The van der Waals surface area contributed by atoms with Crippen LogP contribution in [0.4, 0.5) is 4.79 Å². The zero-order valence-corrected chi connectivity index (χ0v) is 14.7. The summed E-state index contributed by atoms with van der Waals surface area (Å²) < 4.78 is 11.0. The van der Waals surface area contributed by atoms with Crippen molar-refractivity contribution in [1.82, 2.24) is 4.90 Å². The average Bonchev–Trinajstić information content (AvgIpc) is 3.02. The van der Waals surface area contributed by atoms with Crippen LogP contribution in [0.5, 0.6) is 0 Å². The summed E-state index contributed by atoms with van der Waals surface area (Å²) in [5.41, 5.74) is -0.625. The number of hydrogen-bond donors (Lipinski definition) is 0. The molecule has 6 heteroatoms. The molecule has 24 heavy (non-hydrogen) atoms. The van der Waals surface area contributed by atoms with Gasteiger partial charge in [-0.05, 0) is 59.3 Å². The number of ketones is 1. The number of carbonyl (C=O) groups excluding carboxylic acids is 3. The summed E-state index contributed by atoms with van der Waals surface area (Å²) in [6.07, 6.45) is 5.72. The van der Waals surface area contributed by atoms with E-state index in [1.807, 2.05) is 0 Å². The fourth-order valence-electron chi connectivity index (χ4n) is 4.11. The lowest BCUT2D eigenvalue weighted by molar-refractivity contribution is -0.158. The number of Topliss-reactive ketones (excluding diaryl/α,β-unsaturated/α-hetero) is 1. The fourth-order valence-corrected chi connectivity index (χ4v) is 4.11. The largest absolute Gasteiger partial charge is 0.462 e. The molecule has 2 aliphatic heterocycles. The molecule has 0 aromatic rings. The molecule has 0 aromatic heterocycles. The van der Waals surface area contributed by atoms with Gasteiger partial charge < -0.3 is 9.47 Å². The minimum Gasteiger partial charge on any atom is -0.462 e. The minimum absolute atomic E-state index is 0.0758. The zero-order chi connectivity index (χ0) is 17.5. The molecule has 2 heterocycles. The van der Waals surface area contributed by atoms with Crippen LogP contribution in [0.25, 0.3) is 0 Å². The van der Waals surface area contributed by atoms with Crippen molar-refractivity contribution in [3.05, 3.63) is 0 Å². The van der Waals surface area contributed by atoms with Gasteiger partial charge in [0.15, 0.2) is 5.78 Å². The van der Waals surface area contributed by atoms with Gasteiger partial charge in [0, 0.05) is 0 Å². The summed E-state index contributed by atoms with van der Waals surface area (Å²) in [5, 5.41) is 0. The highest BCUT2D eigenvalue weighted by atomic mass is 16.6. The van der Waals surface area contributed by atoms with Gasteiger partial charge in [-0.25, -0.2) is 4.79 Å². The second-order valence-electron chi connectivity index (χ2n) is 8.13. The molecule has 2 saturated heterocycles. The molecule has 6 nitrogen and oxygen atoms in total. The molecule has 1 amide bonds. The Labute approximate surface area is 142 Å². The van der Waals surface area contributed by atoms with Crippen LogP contribution in [0.1, 0.15) is 65.7 Å². The molecule has 1 saturated carbocycles. The predicted molar refractivity (Wildman–Crippen MR) is 86.3 cm³/mol. The third-order valence-electron chi connectivity index (χ3n) is 5.14. The van der Waals surface area contributed by atoms with Crippen LogP contribution in [0, 0.1) is 5.92 Å². The zero-order valence-electron chi connectivity index (χ0n) is 14.7. The maximum atomic E-state index is 12.6. The Kier molecular flexibility index (Phi) is 4.58. The Bertz CT molecular complexity index is 532. The minimum atomic E-state index is -0.835. The van der Waals surface area contributed by atoms with E-state index in [-0.39, 0.29) is 11.9 Å². The van der Waals surface area contributed by atoms with E-state index in [2.05, 4.69) is 0 Å². The van der Waals surface area contributed by atoms with E-state index in [0.29, 0.717) is 12.8 Å². The number of hydrogen-bond acceptors (Lipinski definition) is 5. The van der Waals surface area contributed by atoms with Gasteiger partial charge in [0.2, 0.25) is 0 Å². The fraction of sp³-hybridized carbons (Fsp3) is 0.833. The van der Waals surface area contributed by atoms with E-state index >= 15 is 0 Å². The maximum Gasteiger partial charge on any atom is 0.411 e. The Morgan fingerprint density at radius 1 is 1.04 bits per heavy atom. The number of amides is 1. The Hall–Kier alpha value is -1.59. The Morgan fingerprint density at radius 3 is 2.33 bits per heavy atom. The lowest BCUT2D eigenvalue weighted by atomic mass is 9.88. The van der Waals surface area contributed by atoms with Crippen molar-refractivity contribution in [3.8, 4) is 0 Å². The van der Waals surface area contributed by atoms with Crippen molar-refractivity contribution in [2.24, 2.45) is 5.92 Å². The molecule has 0 spiro atoms. The van der Waals surface area contributed by atoms with Crippen molar-refractivity contribution in [1.29, 1.82) is 0 Å². The van der Waals surface area contributed by atoms with Crippen LogP contribution >= 0.6 is 0 Å². The van der Waals surface area contributed by atoms with Crippen molar-refractivity contribution in [2.45, 2.75) is 89.5 Å². The highest BCUT2D eigenvalue weighted by molar-refractivity contribution is 6.07. The predicted octanol–water partition coefficient (Wildman–Crippen LogP) is 2.83. The molecule has 1 aliphatic carbocycles. The monoisotopic (exact) mass is 337 g/mol. The van der Waals surface area contributed by atoms with Gasteiger partial charge in [0.25, 0.3) is 0 Å². The van der Waals surface area contributed by atoms with Gasteiger partial charge in [-0.1, -0.05) is 6.42 Å². The van der Waals surface area contributed by atoms with Gasteiger partial charge in [0.05, 0.1) is 12.1 Å². The summed E-state index contributed by atoms with van der Waals surface area (Å²) in [4.78, 5) is 39.0. The van der Waals surface area contributed by atoms with Crippen molar-refractivity contribution in [2.75, 3.05) is 0 Å². The molecule has 1 unspecified atom stereocenters. The summed E-state index contributed by atoms with van der Waals surface area (Å²) >= 11 is 0. The number of ether oxygens (including phenoxy) is 2. The van der Waals surface area contributed by atoms with Crippen LogP contribution in [-0.4, -0.2) is 46.5 Å². The molecule has 0 aromatic carbocycles. The SMILES string of the molecule is CC(C)(C)OC(=O)N1[C@@H]2CC[C@H]1C(=O)C2C(=O)OC1CCCCC1. The Balaban J connectivity index is 1.68. The van der Waals surface area contributed by atoms with Crippen LogP contribution in [-0.2, 0) is 19.1 Å². The highest BCUT2D eigenvalue weighted by Gasteiger charge is 2.59. The number of fused-ring (bicyclic) bond motifs is 2. The molecule has 3 aliphatic rings. The molecule has 2 bridgehead atoms. The summed E-state index contributed by atoms with van der Waals surface area (Å²) in [6, 6.07) is -0.942. The van der Waals surface area contributed by atoms with E-state index in [1.165, 1.54) is 11.3 Å². The third-order valence-corrected chi connectivity index (χ3v) is 5.14. The molecule has 0 radical (unpaired) electrons. The summed E-state index contributed by atoms with van der Waals surface area (Å²) in [5.74, 6) is -1.47. The van der Waals surface area contributed by atoms with Crippen LogP contribution in [0.2, 0.25) is 0 Å². The first-order valence-electron chi connectivity index (χ1n) is 9.03. The van der Waals surface area contributed by atoms with Crippen LogP contribution in [0.15, 0.2) is 0 Å². The standard InChI is InChI=1S/C18H27NO5/c1-18(2,3)24-17(22)19-12-9-10-13(19)15(20)14(12)16(21)23-11-7-5-4-6-8-11/h11-14H,4-10H2,1-3H3/t12-,13+,14?/m1/s1. The van der Waals surface area contributed by atoms with E-state index in [4.69, 9.17) is 9.47 Å². The Morgan fingerprint density at radius 2 is 1.71 bits per heavy atom. The molecule has 3 rings (SSSR count). The van der Waals surface area contributed by atoms with E-state index < -0.39 is 35.7 Å². The molecule has 3 atom stereocenters. The molecule has 3 fully saturated rings. The third kappa shape index (κ3) is 3.28. The first-order chi connectivity index (χ1) is 11.3. The normalized spacial score (nSPS) is 30.5. The first kappa shape index (κ1) is 17.2.